The van der Waals surface area contributed by atoms with Crippen molar-refractivity contribution in [2.75, 3.05) is 76.3 Å². The molecule has 0 radical (unpaired) electrons. The highest BCUT2D eigenvalue weighted by Gasteiger charge is 2.36. The summed E-state index contributed by atoms with van der Waals surface area (Å²) in [7, 11) is 0. The average molecular weight is 863 g/mol. The number of aliphatic hydroxyl groups is 1. The molecule has 3 fully saturated rings. The highest BCUT2D eigenvalue weighted by atomic mass is 32.1. The van der Waals surface area contributed by atoms with Crippen LogP contribution < -0.4 is 10.6 Å². The van der Waals surface area contributed by atoms with E-state index in [-0.39, 0.29) is 59.3 Å². The van der Waals surface area contributed by atoms with Crippen molar-refractivity contribution in [3.8, 4) is 22.9 Å². The molecule has 5 aromatic rings. The van der Waals surface area contributed by atoms with Gasteiger partial charge in [-0.15, -0.1) is 11.3 Å². The van der Waals surface area contributed by atoms with Gasteiger partial charge in [-0.25, -0.2) is 19.9 Å². The number of nitrogens with zero attached hydrogens (tertiary/aromatic N) is 9. The summed E-state index contributed by atoms with van der Waals surface area (Å²) in [6.45, 7) is 12.3. The minimum atomic E-state index is -0.282. The third-order valence-electron chi connectivity index (χ3n) is 12.7. The van der Waals surface area contributed by atoms with E-state index < -0.39 is 0 Å². The van der Waals surface area contributed by atoms with E-state index in [1.807, 2.05) is 18.7 Å². The Bertz CT molecular complexity index is 2450. The van der Waals surface area contributed by atoms with Gasteiger partial charge in [-0.1, -0.05) is 32.0 Å². The first kappa shape index (κ1) is 41.9. The van der Waals surface area contributed by atoms with Crippen molar-refractivity contribution in [3.63, 3.8) is 0 Å². The van der Waals surface area contributed by atoms with Crippen LogP contribution >= 0.6 is 11.3 Å². The summed E-state index contributed by atoms with van der Waals surface area (Å²) in [6, 6.07) is 11.0. The predicted octanol–water partition coefficient (Wildman–Crippen LogP) is 4.18. The van der Waals surface area contributed by atoms with E-state index in [1.54, 1.807) is 34.7 Å². The molecule has 62 heavy (non-hydrogen) atoms. The summed E-state index contributed by atoms with van der Waals surface area (Å²) >= 11 is 1.72. The molecule has 4 aliphatic rings. The average Bonchev–Trinajstić information content (AvgIpc) is 3.90. The van der Waals surface area contributed by atoms with Crippen LogP contribution in [0.15, 0.2) is 48.8 Å². The SMILES string of the molecule is CC(C)c1cc(C(=O)N2Cc3ccc(CN4CCN(C(=O)C5CCN(Cc6cc7nc(-c8cnc(N)nc8)nc(N8CCOCC8)c7s6)CC5)[C@@H](CO)C4)cc3C2)c(O)cc1O. The smallest absolute Gasteiger partial charge is 0.258 e. The van der Waals surface area contributed by atoms with Gasteiger partial charge in [0.15, 0.2) is 11.6 Å². The monoisotopic (exact) mass is 862 g/mol. The number of hydrogen-bond donors (Lipinski definition) is 4. The summed E-state index contributed by atoms with van der Waals surface area (Å²) in [5.41, 5.74) is 11.4. The fraction of sp³-hybridized carbons (Fsp3) is 0.467. The Balaban J connectivity index is 0.792. The number of aliphatic hydroxyl groups excluding tert-OH is 1. The number of carbonyl (C=O) groups is 2. The van der Waals surface area contributed by atoms with Crippen LogP contribution in [0.4, 0.5) is 11.8 Å². The van der Waals surface area contributed by atoms with Gasteiger partial charge in [0.1, 0.15) is 11.5 Å². The number of anilines is 2. The zero-order valence-corrected chi connectivity index (χ0v) is 36.1. The molecule has 0 aliphatic carbocycles. The molecule has 0 saturated carbocycles. The first-order valence-electron chi connectivity index (χ1n) is 21.5. The number of morpholine rings is 1. The third kappa shape index (κ3) is 8.64. The lowest BCUT2D eigenvalue weighted by atomic mass is 9.94. The van der Waals surface area contributed by atoms with Crippen LogP contribution in [0.1, 0.15) is 70.1 Å². The zero-order chi connectivity index (χ0) is 43.1. The van der Waals surface area contributed by atoms with Crippen LogP contribution in [0.25, 0.3) is 21.6 Å². The minimum Gasteiger partial charge on any atom is -0.508 e. The number of nitrogens with two attached hydrogens (primary N) is 1. The van der Waals surface area contributed by atoms with E-state index in [9.17, 15) is 24.9 Å². The van der Waals surface area contributed by atoms with Crippen LogP contribution in [-0.4, -0.2) is 138 Å². The molecule has 0 unspecified atom stereocenters. The molecule has 2 amide bonds. The second-order valence-electron chi connectivity index (χ2n) is 17.2. The van der Waals surface area contributed by atoms with Gasteiger partial charge < -0.3 is 40.5 Å². The van der Waals surface area contributed by atoms with Crippen LogP contribution in [0.2, 0.25) is 0 Å². The minimum absolute atomic E-state index is 0.00410. The van der Waals surface area contributed by atoms with Gasteiger partial charge in [0.2, 0.25) is 11.9 Å². The van der Waals surface area contributed by atoms with Gasteiger partial charge >= 0.3 is 0 Å². The molecule has 5 N–H and O–H groups in total. The fourth-order valence-corrected chi connectivity index (χ4v) is 10.4. The fourth-order valence-electron chi connectivity index (χ4n) is 9.26. The van der Waals surface area contributed by atoms with Crippen molar-refractivity contribution in [2.45, 2.75) is 64.8 Å². The summed E-state index contributed by atoms with van der Waals surface area (Å²) in [6.07, 6.45) is 4.84. The topological polar surface area (TPSA) is 198 Å². The Kier molecular flexibility index (Phi) is 12.0. The van der Waals surface area contributed by atoms with E-state index in [0.717, 1.165) is 78.3 Å². The largest absolute Gasteiger partial charge is 0.508 e. The van der Waals surface area contributed by atoms with E-state index in [0.29, 0.717) is 69.4 Å². The number of benzene rings is 2. The molecule has 3 saturated heterocycles. The third-order valence-corrected chi connectivity index (χ3v) is 13.8. The second-order valence-corrected chi connectivity index (χ2v) is 18.4. The van der Waals surface area contributed by atoms with Crippen molar-refractivity contribution >= 4 is 45.1 Å². The number of hydrogen-bond acceptors (Lipinski definition) is 15. The summed E-state index contributed by atoms with van der Waals surface area (Å²) < 4.78 is 6.67. The lowest BCUT2D eigenvalue weighted by Gasteiger charge is -2.43. The van der Waals surface area contributed by atoms with Gasteiger partial charge in [-0.3, -0.25) is 19.4 Å². The number of phenolic OH excluding ortho intramolecular Hbond substituents is 2. The number of piperidine rings is 1. The lowest BCUT2D eigenvalue weighted by Crippen LogP contribution is -2.58. The normalized spacial score (nSPS) is 19.2. The molecule has 16 nitrogen and oxygen atoms in total. The number of ether oxygens (including phenoxy) is 1. The van der Waals surface area contributed by atoms with E-state index >= 15 is 0 Å². The van der Waals surface area contributed by atoms with Crippen LogP contribution in [0, 0.1) is 5.92 Å². The van der Waals surface area contributed by atoms with Crippen molar-refractivity contribution in [3.05, 3.63) is 81.5 Å². The van der Waals surface area contributed by atoms with Crippen LogP contribution in [0.5, 0.6) is 11.5 Å². The molecule has 1 atom stereocenters. The summed E-state index contributed by atoms with van der Waals surface area (Å²) in [4.78, 5) is 57.5. The van der Waals surface area contributed by atoms with E-state index in [2.05, 4.69) is 48.9 Å². The van der Waals surface area contributed by atoms with Crippen molar-refractivity contribution in [1.29, 1.82) is 0 Å². The quantitative estimate of drug-likeness (QED) is 0.156. The molecule has 0 spiro atoms. The number of aromatic nitrogens is 4. The molecule has 2 aromatic carbocycles. The maximum absolute atomic E-state index is 14.0. The highest BCUT2D eigenvalue weighted by molar-refractivity contribution is 7.19. The van der Waals surface area contributed by atoms with Gasteiger partial charge in [0.25, 0.3) is 5.91 Å². The van der Waals surface area contributed by atoms with Crippen LogP contribution in [-0.2, 0) is 35.7 Å². The van der Waals surface area contributed by atoms with Crippen molar-refractivity contribution in [2.24, 2.45) is 5.92 Å². The van der Waals surface area contributed by atoms with Crippen molar-refractivity contribution < 1.29 is 29.6 Å². The number of rotatable bonds is 10. The molecule has 4 aliphatic heterocycles. The Morgan fingerprint density at radius 2 is 1.65 bits per heavy atom. The summed E-state index contributed by atoms with van der Waals surface area (Å²) in [5.74, 6) is 1.19. The van der Waals surface area contributed by atoms with E-state index in [4.69, 9.17) is 20.4 Å². The molecular formula is C45H54N10O6S. The first-order chi connectivity index (χ1) is 30.0. The van der Waals surface area contributed by atoms with Gasteiger partial charge in [-0.2, -0.15) is 0 Å². The molecule has 0 bridgehead atoms. The lowest BCUT2D eigenvalue weighted by molar-refractivity contribution is -0.143. The van der Waals surface area contributed by atoms with Gasteiger partial charge in [0.05, 0.1) is 47.2 Å². The second kappa shape index (κ2) is 17.7. The van der Waals surface area contributed by atoms with E-state index in [1.165, 1.54) is 10.9 Å². The maximum atomic E-state index is 14.0. The number of aromatic hydroxyl groups is 2. The number of amides is 2. The molecule has 7 heterocycles. The highest BCUT2D eigenvalue weighted by Crippen LogP contribution is 2.37. The van der Waals surface area contributed by atoms with Crippen molar-refractivity contribution in [1.82, 2.24) is 39.5 Å². The number of piperazine rings is 1. The van der Waals surface area contributed by atoms with Gasteiger partial charge in [-0.05, 0) is 66.2 Å². The maximum Gasteiger partial charge on any atom is 0.258 e. The number of phenols is 2. The van der Waals surface area contributed by atoms with Gasteiger partial charge in [0, 0.05) is 88.2 Å². The molecular weight excluding hydrogens is 809 g/mol. The number of likely N-dealkylation sites (tertiary alicyclic amines) is 1. The number of thiophene rings is 1. The number of fused-ring (bicyclic) bond motifs is 2. The molecule has 17 heteroatoms. The molecule has 326 valence electrons. The van der Waals surface area contributed by atoms with Crippen LogP contribution in [0.3, 0.4) is 0 Å². The Labute approximate surface area is 364 Å². The number of nitrogen functional groups attached to an aromatic ring is 1. The number of carbonyl (C=O) groups excluding carboxylic acids is 2. The molecule has 9 rings (SSSR count). The Hall–Kier alpha value is -5.46. The predicted molar refractivity (Wildman–Crippen MR) is 236 cm³/mol. The Morgan fingerprint density at radius 1 is 0.887 bits per heavy atom. The Morgan fingerprint density at radius 3 is 2.39 bits per heavy atom. The first-order valence-corrected chi connectivity index (χ1v) is 22.4. The standard InChI is InChI=1S/C45H54N10O6S/c1-27(2)35-17-36(39(58)18-38(35)57)44(60)54-22-30-4-3-28(15-31(30)23-54)21-52-9-10-55(33(24-52)26-56)43(59)29-5-7-51(8-6-29)25-34-16-37-40(62-34)42(53-11-13-61-14-12-53)50-41(49-37)32-19-47-45(46)48-20-32/h3-4,15-20,27,29,33,56-58H,5-14,21-26H2,1-2H3,(H2,46,47,48)/t33-/m1/s1. The summed E-state index contributed by atoms with van der Waals surface area (Å²) in [5, 5.41) is 31.3. The molecule has 3 aromatic heterocycles. The zero-order valence-electron chi connectivity index (χ0n) is 35.2.